The quantitative estimate of drug-likeness (QED) is 0.753. The molecule has 128 valence electrons. The highest BCUT2D eigenvalue weighted by Gasteiger charge is 2.28. The minimum absolute atomic E-state index is 0.130. The Morgan fingerprint density at radius 1 is 1.04 bits per heavy atom. The van der Waals surface area contributed by atoms with E-state index in [0.29, 0.717) is 5.69 Å². The molecular formula is C18H21NO4S. The molecule has 0 aliphatic rings. The Bertz CT molecular complexity index is 801. The first-order valence-corrected chi connectivity index (χ1v) is 9.09. The van der Waals surface area contributed by atoms with Crippen LogP contribution >= 0.6 is 0 Å². The lowest BCUT2D eigenvalue weighted by molar-refractivity contribution is -0.145. The van der Waals surface area contributed by atoms with E-state index in [4.69, 9.17) is 4.74 Å². The van der Waals surface area contributed by atoms with Crippen molar-refractivity contribution in [1.82, 2.24) is 0 Å². The van der Waals surface area contributed by atoms with E-state index in [0.717, 1.165) is 9.87 Å². The second-order valence-corrected chi connectivity index (χ2v) is 7.51. The van der Waals surface area contributed by atoms with Crippen molar-refractivity contribution in [3.63, 3.8) is 0 Å². The van der Waals surface area contributed by atoms with Crippen LogP contribution in [0.3, 0.4) is 0 Å². The zero-order valence-corrected chi connectivity index (χ0v) is 14.8. The van der Waals surface area contributed by atoms with Gasteiger partial charge in [-0.1, -0.05) is 36.4 Å². The third-order valence-corrected chi connectivity index (χ3v) is 5.13. The van der Waals surface area contributed by atoms with Crippen molar-refractivity contribution in [2.75, 3.05) is 10.8 Å². The van der Waals surface area contributed by atoms with Gasteiger partial charge in [0, 0.05) is 0 Å². The number of carbonyl (C=O) groups is 1. The number of aryl methyl sites for hydroxylation is 1. The molecule has 2 aromatic carbocycles. The van der Waals surface area contributed by atoms with E-state index in [1.165, 1.54) is 12.1 Å². The van der Waals surface area contributed by atoms with Crippen molar-refractivity contribution >= 4 is 21.7 Å². The zero-order chi connectivity index (χ0) is 17.7. The molecule has 0 bridgehead atoms. The number of sulfonamides is 1. The Morgan fingerprint density at radius 3 is 2.21 bits per heavy atom. The molecule has 0 saturated carbocycles. The van der Waals surface area contributed by atoms with Crippen LogP contribution < -0.4 is 4.31 Å². The third kappa shape index (κ3) is 4.14. The first-order valence-electron chi connectivity index (χ1n) is 7.65. The van der Waals surface area contributed by atoms with E-state index in [1.807, 2.05) is 6.07 Å². The van der Waals surface area contributed by atoms with Gasteiger partial charge in [-0.25, -0.2) is 8.42 Å². The average Bonchev–Trinajstić information content (AvgIpc) is 2.53. The topological polar surface area (TPSA) is 63.7 Å². The van der Waals surface area contributed by atoms with Crippen molar-refractivity contribution in [2.45, 2.75) is 31.8 Å². The molecule has 0 amide bonds. The van der Waals surface area contributed by atoms with Crippen LogP contribution in [0.2, 0.25) is 0 Å². The Labute approximate surface area is 142 Å². The molecule has 0 heterocycles. The van der Waals surface area contributed by atoms with Gasteiger partial charge in [-0.2, -0.15) is 0 Å². The van der Waals surface area contributed by atoms with Gasteiger partial charge in [0.25, 0.3) is 10.0 Å². The molecule has 0 aliphatic heterocycles. The van der Waals surface area contributed by atoms with Crippen LogP contribution in [0.15, 0.2) is 59.5 Å². The Hall–Kier alpha value is -2.34. The number of anilines is 1. The van der Waals surface area contributed by atoms with Crippen molar-refractivity contribution in [3.8, 4) is 0 Å². The maximum absolute atomic E-state index is 13.0. The highest BCUT2D eigenvalue weighted by Crippen LogP contribution is 2.26. The minimum atomic E-state index is -3.87. The summed E-state index contributed by atoms with van der Waals surface area (Å²) in [6.45, 7) is 4.88. The van der Waals surface area contributed by atoms with Gasteiger partial charge in [0.15, 0.2) is 0 Å². The van der Waals surface area contributed by atoms with Gasteiger partial charge in [0.1, 0.15) is 6.54 Å². The highest BCUT2D eigenvalue weighted by atomic mass is 32.2. The zero-order valence-electron chi connectivity index (χ0n) is 14.0. The van der Waals surface area contributed by atoms with Gasteiger partial charge in [-0.05, 0) is 44.5 Å². The Morgan fingerprint density at radius 2 is 1.62 bits per heavy atom. The van der Waals surface area contributed by atoms with E-state index in [9.17, 15) is 13.2 Å². The summed E-state index contributed by atoms with van der Waals surface area (Å²) < 4.78 is 32.3. The molecule has 6 heteroatoms. The summed E-state index contributed by atoms with van der Waals surface area (Å²) in [5, 5.41) is 0. The van der Waals surface area contributed by atoms with Crippen molar-refractivity contribution in [1.29, 1.82) is 0 Å². The molecule has 2 rings (SSSR count). The summed E-state index contributed by atoms with van der Waals surface area (Å²) >= 11 is 0. The fourth-order valence-electron chi connectivity index (χ4n) is 2.28. The van der Waals surface area contributed by atoms with Gasteiger partial charge >= 0.3 is 5.97 Å². The number of esters is 1. The van der Waals surface area contributed by atoms with E-state index in [2.05, 4.69) is 0 Å². The molecule has 0 spiro atoms. The van der Waals surface area contributed by atoms with E-state index in [1.54, 1.807) is 57.2 Å². The van der Waals surface area contributed by atoms with Crippen LogP contribution in [0.4, 0.5) is 5.69 Å². The number of hydrogen-bond acceptors (Lipinski definition) is 4. The molecule has 0 unspecified atom stereocenters. The molecule has 0 saturated heterocycles. The molecule has 2 aromatic rings. The molecule has 0 radical (unpaired) electrons. The number of carbonyl (C=O) groups excluding carboxylic acids is 1. The standard InChI is InChI=1S/C18H21NO4S/c1-14(2)23-18(20)13-19(17-12-8-7-9-15(17)3)24(21,22)16-10-5-4-6-11-16/h4-12,14H,13H2,1-3H3. The SMILES string of the molecule is Cc1ccccc1N(CC(=O)OC(C)C)S(=O)(=O)c1ccccc1. The van der Waals surface area contributed by atoms with Gasteiger partial charge in [0.05, 0.1) is 16.7 Å². The molecule has 0 atom stereocenters. The number of para-hydroxylation sites is 1. The Balaban J connectivity index is 2.47. The lowest BCUT2D eigenvalue weighted by Gasteiger charge is -2.25. The number of rotatable bonds is 6. The summed E-state index contributed by atoms with van der Waals surface area (Å²) in [6.07, 6.45) is -0.310. The van der Waals surface area contributed by atoms with Crippen LogP contribution in [0.5, 0.6) is 0 Å². The molecule has 0 aromatic heterocycles. The largest absolute Gasteiger partial charge is 0.462 e. The fraction of sp³-hybridized carbons (Fsp3) is 0.278. The number of hydrogen-bond donors (Lipinski definition) is 0. The number of ether oxygens (including phenoxy) is 1. The van der Waals surface area contributed by atoms with E-state index >= 15 is 0 Å². The van der Waals surface area contributed by atoms with Crippen molar-refractivity contribution < 1.29 is 17.9 Å². The second kappa shape index (κ2) is 7.49. The van der Waals surface area contributed by atoms with Gasteiger partial charge in [-0.15, -0.1) is 0 Å². The maximum atomic E-state index is 13.0. The minimum Gasteiger partial charge on any atom is -0.462 e. The smallest absolute Gasteiger partial charge is 0.327 e. The van der Waals surface area contributed by atoms with Gasteiger partial charge < -0.3 is 4.74 Å². The summed E-state index contributed by atoms with van der Waals surface area (Å²) in [7, 11) is -3.87. The number of nitrogens with zero attached hydrogens (tertiary/aromatic N) is 1. The fourth-order valence-corrected chi connectivity index (χ4v) is 3.77. The predicted molar refractivity (Wildman–Crippen MR) is 93.4 cm³/mol. The molecule has 24 heavy (non-hydrogen) atoms. The second-order valence-electron chi connectivity index (χ2n) is 5.65. The Kier molecular flexibility index (Phi) is 5.62. The predicted octanol–water partition coefficient (Wildman–Crippen LogP) is 3.14. The normalized spacial score (nSPS) is 11.3. The monoisotopic (exact) mass is 347 g/mol. The van der Waals surface area contributed by atoms with Gasteiger partial charge in [0.2, 0.25) is 0 Å². The van der Waals surface area contributed by atoms with Crippen LogP contribution in [0, 0.1) is 6.92 Å². The molecule has 0 N–H and O–H groups in total. The molecule has 0 fully saturated rings. The lowest BCUT2D eigenvalue weighted by Crippen LogP contribution is -2.37. The van der Waals surface area contributed by atoms with Crippen molar-refractivity contribution in [2.24, 2.45) is 0 Å². The molecular weight excluding hydrogens is 326 g/mol. The van der Waals surface area contributed by atoms with Gasteiger partial charge in [-0.3, -0.25) is 9.10 Å². The molecule has 5 nitrogen and oxygen atoms in total. The van der Waals surface area contributed by atoms with Crippen molar-refractivity contribution in [3.05, 3.63) is 60.2 Å². The first-order chi connectivity index (χ1) is 11.3. The maximum Gasteiger partial charge on any atom is 0.327 e. The van der Waals surface area contributed by atoms with Crippen LogP contribution in [0.1, 0.15) is 19.4 Å². The summed E-state index contributed by atoms with van der Waals surface area (Å²) in [5.41, 5.74) is 1.22. The summed E-state index contributed by atoms with van der Waals surface area (Å²) in [5.74, 6) is -0.590. The molecule has 0 aliphatic carbocycles. The third-order valence-electron chi connectivity index (χ3n) is 3.36. The van der Waals surface area contributed by atoms with Crippen LogP contribution in [-0.4, -0.2) is 27.0 Å². The summed E-state index contributed by atoms with van der Waals surface area (Å²) in [6, 6.07) is 15.1. The van der Waals surface area contributed by atoms with Crippen LogP contribution in [0.25, 0.3) is 0 Å². The first kappa shape index (κ1) is 18.0. The van der Waals surface area contributed by atoms with Crippen LogP contribution in [-0.2, 0) is 19.6 Å². The van der Waals surface area contributed by atoms with E-state index < -0.39 is 16.0 Å². The average molecular weight is 347 g/mol. The lowest BCUT2D eigenvalue weighted by atomic mass is 10.2. The van der Waals surface area contributed by atoms with E-state index in [-0.39, 0.29) is 17.5 Å². The number of benzene rings is 2. The summed E-state index contributed by atoms with van der Waals surface area (Å²) in [4.78, 5) is 12.2. The highest BCUT2D eigenvalue weighted by molar-refractivity contribution is 7.92.